The molecule has 1 atom stereocenters. The molecular weight excluding hydrogens is 497 g/mol. The molecule has 234 valence electrons. The number of quaternary nitrogens is 1. The number of carbonyl (C=O) groups excluding carboxylic acids is 2. The van der Waals surface area contributed by atoms with Crippen molar-refractivity contribution in [2.24, 2.45) is 0 Å². The van der Waals surface area contributed by atoms with Crippen LogP contribution in [0.1, 0.15) is 168 Å². The summed E-state index contributed by atoms with van der Waals surface area (Å²) in [5, 5.41) is 0. The Morgan fingerprint density at radius 2 is 0.925 bits per heavy atom. The maximum Gasteiger partial charge on any atom is 0.306 e. The van der Waals surface area contributed by atoms with E-state index in [1.807, 2.05) is 14.1 Å². The zero-order valence-electron chi connectivity index (χ0n) is 27.3. The molecule has 0 heterocycles. The van der Waals surface area contributed by atoms with Crippen molar-refractivity contribution in [1.82, 2.24) is 0 Å². The van der Waals surface area contributed by atoms with Gasteiger partial charge in [0.1, 0.15) is 21.0 Å². The molecule has 0 aromatic rings. The summed E-state index contributed by atoms with van der Waals surface area (Å²) in [5.74, 6) is -0.389. The Kier molecular flexibility index (Phi) is 27.4. The molecule has 0 bridgehead atoms. The second-order valence-electron chi connectivity index (χ2n) is 12.7. The number of carbonyl (C=O) groups is 2. The van der Waals surface area contributed by atoms with Crippen LogP contribution in [-0.2, 0) is 19.1 Å². The second kappa shape index (κ2) is 28.1. The van der Waals surface area contributed by atoms with Crippen LogP contribution in [0, 0.1) is 0 Å². The summed E-state index contributed by atoms with van der Waals surface area (Å²) in [6.45, 7) is 5.16. The molecule has 2 radical (unpaired) electrons. The molecule has 40 heavy (non-hydrogen) atoms. The van der Waals surface area contributed by atoms with E-state index in [4.69, 9.17) is 17.3 Å². The van der Waals surface area contributed by atoms with Gasteiger partial charge < -0.3 is 14.0 Å². The van der Waals surface area contributed by atoms with Gasteiger partial charge in [0.2, 0.25) is 0 Å². The van der Waals surface area contributed by atoms with Crippen LogP contribution < -0.4 is 0 Å². The number of rotatable bonds is 30. The highest BCUT2D eigenvalue weighted by Gasteiger charge is 2.25. The summed E-state index contributed by atoms with van der Waals surface area (Å²) < 4.78 is 11.8. The minimum absolute atomic E-state index is 0.114. The number of unbranched alkanes of at least 4 members (excludes halogenated alkanes) is 20. The molecule has 0 N–H and O–H groups in total. The summed E-state index contributed by atoms with van der Waals surface area (Å²) in [5.41, 5.74) is 0. The molecule has 0 aromatic heterocycles. The molecule has 0 saturated heterocycles. The maximum atomic E-state index is 12.5. The van der Waals surface area contributed by atoms with Crippen LogP contribution >= 0.6 is 0 Å². The number of ether oxygens (including phenoxy) is 2. The number of esters is 2. The molecule has 0 aliphatic heterocycles. The van der Waals surface area contributed by atoms with E-state index in [1.165, 1.54) is 116 Å². The molecule has 0 aliphatic rings. The first-order valence-electron chi connectivity index (χ1n) is 17.2. The van der Waals surface area contributed by atoms with E-state index < -0.39 is 6.10 Å². The Labute approximate surface area is 250 Å². The Bertz CT molecular complexity index is 584. The van der Waals surface area contributed by atoms with Gasteiger partial charge in [-0.15, -0.1) is 0 Å². The van der Waals surface area contributed by atoms with Crippen molar-refractivity contribution in [3.8, 4) is 0 Å². The fourth-order valence-electron chi connectivity index (χ4n) is 5.12. The van der Waals surface area contributed by atoms with Crippen molar-refractivity contribution in [2.75, 3.05) is 33.7 Å². The molecule has 1 unspecified atom stereocenters. The van der Waals surface area contributed by atoms with Crippen LogP contribution in [0.2, 0.25) is 0 Å². The zero-order chi connectivity index (χ0) is 29.7. The highest BCUT2D eigenvalue weighted by atomic mass is 16.6. The smallest absolute Gasteiger partial charge is 0.306 e. The van der Waals surface area contributed by atoms with Gasteiger partial charge in [0.25, 0.3) is 0 Å². The second-order valence-corrected chi connectivity index (χ2v) is 12.7. The van der Waals surface area contributed by atoms with E-state index in [1.54, 1.807) is 0 Å². The first-order valence-corrected chi connectivity index (χ1v) is 17.2. The van der Waals surface area contributed by atoms with Gasteiger partial charge in [-0.05, 0) is 12.8 Å². The summed E-state index contributed by atoms with van der Waals surface area (Å²) in [4.78, 5) is 24.8. The molecule has 5 nitrogen and oxygen atoms in total. The number of nitrogens with zero attached hydrogens (tertiary/aromatic N) is 1. The predicted octanol–water partition coefficient (Wildman–Crippen LogP) is 9.05. The Morgan fingerprint density at radius 3 is 1.30 bits per heavy atom. The monoisotopic (exact) mass is 565 g/mol. The van der Waals surface area contributed by atoms with Crippen LogP contribution in [0.4, 0.5) is 0 Å². The largest absolute Gasteiger partial charge is 0.461 e. The molecule has 0 amide bonds. The summed E-state index contributed by atoms with van der Waals surface area (Å²) in [6, 6.07) is 0. The van der Waals surface area contributed by atoms with Gasteiger partial charge in [-0.3, -0.25) is 9.59 Å². The summed E-state index contributed by atoms with van der Waals surface area (Å²) in [6.07, 6.45) is 28.4. The van der Waals surface area contributed by atoms with E-state index in [9.17, 15) is 9.59 Å². The van der Waals surface area contributed by atoms with E-state index in [0.717, 1.165) is 25.7 Å². The summed E-state index contributed by atoms with van der Waals surface area (Å²) >= 11 is 0. The molecule has 0 saturated carbocycles. The number of hydrogen-bond acceptors (Lipinski definition) is 4. The average Bonchev–Trinajstić information content (AvgIpc) is 2.93. The van der Waals surface area contributed by atoms with Crippen LogP contribution in [0.15, 0.2) is 0 Å². The molecule has 0 fully saturated rings. The van der Waals surface area contributed by atoms with Gasteiger partial charge >= 0.3 is 11.9 Å². The van der Waals surface area contributed by atoms with Crippen LogP contribution in [0.3, 0.4) is 0 Å². The highest BCUT2D eigenvalue weighted by Crippen LogP contribution is 2.14. The van der Waals surface area contributed by atoms with Crippen molar-refractivity contribution in [3.05, 3.63) is 0 Å². The van der Waals surface area contributed by atoms with Gasteiger partial charge in [0, 0.05) is 19.3 Å². The fourth-order valence-corrected chi connectivity index (χ4v) is 5.12. The first-order chi connectivity index (χ1) is 19.3. The molecule has 6 heteroatoms. The van der Waals surface area contributed by atoms with Crippen LogP contribution in [0.25, 0.3) is 0 Å². The van der Waals surface area contributed by atoms with Crippen molar-refractivity contribution in [3.63, 3.8) is 0 Å². The molecule has 0 rings (SSSR count). The van der Waals surface area contributed by atoms with E-state index in [-0.39, 0.29) is 18.5 Å². The van der Waals surface area contributed by atoms with E-state index in [2.05, 4.69) is 13.8 Å². The van der Waals surface area contributed by atoms with Gasteiger partial charge in [0.15, 0.2) is 6.10 Å². The van der Waals surface area contributed by atoms with E-state index >= 15 is 0 Å². The van der Waals surface area contributed by atoms with Crippen LogP contribution in [0.5, 0.6) is 0 Å². The third kappa shape index (κ3) is 27.2. The lowest BCUT2D eigenvalue weighted by Gasteiger charge is -2.32. The lowest BCUT2D eigenvalue weighted by Crippen LogP contribution is -2.48. The minimum Gasteiger partial charge on any atom is -0.461 e. The summed E-state index contributed by atoms with van der Waals surface area (Å²) in [7, 11) is 9.89. The lowest BCUT2D eigenvalue weighted by atomic mass is 10.1. The van der Waals surface area contributed by atoms with Crippen molar-refractivity contribution >= 4 is 19.8 Å². The Morgan fingerprint density at radius 1 is 0.575 bits per heavy atom. The van der Waals surface area contributed by atoms with Crippen LogP contribution in [-0.4, -0.2) is 64.1 Å². The predicted molar refractivity (Wildman–Crippen MR) is 171 cm³/mol. The SMILES string of the molecule is [B]C[N+](C)(C)CC(COC(=O)CCCCCCCCCCCCC)OC(=O)CCCCCCCCCCCCC. The number of hydrogen-bond donors (Lipinski definition) is 0. The van der Waals surface area contributed by atoms with Gasteiger partial charge in [-0.2, -0.15) is 0 Å². The van der Waals surface area contributed by atoms with Crippen molar-refractivity contribution in [1.29, 1.82) is 0 Å². The lowest BCUT2D eigenvalue weighted by molar-refractivity contribution is -0.882. The molecular formula is C34H67BNO4+. The van der Waals surface area contributed by atoms with Gasteiger partial charge in [0.05, 0.1) is 14.1 Å². The number of likely N-dealkylation sites (N-methyl/N-ethyl adjacent to an activating group) is 1. The average molecular weight is 565 g/mol. The van der Waals surface area contributed by atoms with E-state index in [0.29, 0.717) is 30.3 Å². The van der Waals surface area contributed by atoms with Crippen molar-refractivity contribution in [2.45, 2.75) is 174 Å². The standard InChI is InChI=1S/C34H67BNO4/c1-5-7-9-11-13-15-17-19-21-23-25-27-33(37)39-30-32(29-36(3,4)31-35)40-34(38)28-26-24-22-20-18-16-14-12-10-8-6-2/h32H,5-31H2,1-4H3/q+1. The maximum absolute atomic E-state index is 12.5. The quantitative estimate of drug-likeness (QED) is 0.0378. The molecule has 0 spiro atoms. The zero-order valence-corrected chi connectivity index (χ0v) is 27.3. The minimum atomic E-state index is -0.458. The Balaban J connectivity index is 4.04. The fraction of sp³-hybridized carbons (Fsp3) is 0.941. The Hall–Kier alpha value is -1.04. The van der Waals surface area contributed by atoms with Gasteiger partial charge in [-0.1, -0.05) is 142 Å². The third-order valence-electron chi connectivity index (χ3n) is 7.89. The third-order valence-corrected chi connectivity index (χ3v) is 7.89. The molecule has 0 aromatic carbocycles. The molecule has 0 aliphatic carbocycles. The topological polar surface area (TPSA) is 52.6 Å². The van der Waals surface area contributed by atoms with Crippen molar-refractivity contribution < 1.29 is 23.5 Å². The normalized spacial score (nSPS) is 12.4. The first kappa shape index (κ1) is 39.0. The van der Waals surface area contributed by atoms with Gasteiger partial charge in [-0.25, -0.2) is 0 Å². The highest BCUT2D eigenvalue weighted by molar-refractivity contribution is 6.08.